The molecule has 2 atom stereocenters. The third kappa shape index (κ3) is 1.23. The van der Waals surface area contributed by atoms with E-state index < -0.39 is 0 Å². The maximum Gasteiger partial charge on any atom is 0.116 e. The zero-order valence-corrected chi connectivity index (χ0v) is 7.99. The molecule has 0 radical (unpaired) electrons. The third-order valence-electron chi connectivity index (χ3n) is 2.72. The van der Waals surface area contributed by atoms with Crippen molar-refractivity contribution in [2.75, 3.05) is 0 Å². The summed E-state index contributed by atoms with van der Waals surface area (Å²) in [5, 5.41) is 9.68. The second-order valence-corrected chi connectivity index (χ2v) is 3.63. The highest BCUT2D eigenvalue weighted by Gasteiger charge is 2.30. The number of hydrogen-bond acceptors (Lipinski definition) is 3. The lowest BCUT2D eigenvalue weighted by atomic mass is 10.0. The molecule has 1 heterocycles. The number of hydrogen-bond donors (Lipinski definition) is 1. The van der Waals surface area contributed by atoms with Crippen LogP contribution in [0.25, 0.3) is 0 Å². The highest BCUT2D eigenvalue weighted by atomic mass is 16.3. The molecule has 1 aliphatic carbocycles. The van der Waals surface area contributed by atoms with E-state index in [0.717, 1.165) is 24.2 Å². The lowest BCUT2D eigenvalue weighted by Gasteiger charge is -2.07. The van der Waals surface area contributed by atoms with E-state index in [4.69, 9.17) is 0 Å². The van der Waals surface area contributed by atoms with Crippen molar-refractivity contribution in [3.05, 3.63) is 23.3 Å². The number of nitrogens with zero attached hydrogens (tertiary/aromatic N) is 2. The number of aryl methyl sites for hydroxylation is 1. The number of rotatable bonds is 1. The predicted octanol–water partition coefficient (Wildman–Crippen LogP) is 1.58. The summed E-state index contributed by atoms with van der Waals surface area (Å²) in [4.78, 5) is 8.37. The molecule has 0 bridgehead atoms. The SMILES string of the molecule is CCc1ncnc2c1[C@H](C)C[C@@H]2O. The van der Waals surface area contributed by atoms with Crippen LogP contribution in [0.3, 0.4) is 0 Å². The second-order valence-electron chi connectivity index (χ2n) is 3.63. The maximum atomic E-state index is 9.68. The van der Waals surface area contributed by atoms with E-state index in [2.05, 4.69) is 23.8 Å². The first-order chi connectivity index (χ1) is 6.24. The summed E-state index contributed by atoms with van der Waals surface area (Å²) >= 11 is 0. The van der Waals surface area contributed by atoms with Crippen molar-refractivity contribution in [2.24, 2.45) is 0 Å². The Balaban J connectivity index is 2.55. The summed E-state index contributed by atoms with van der Waals surface area (Å²) < 4.78 is 0. The minimum Gasteiger partial charge on any atom is -0.387 e. The van der Waals surface area contributed by atoms with Crippen molar-refractivity contribution < 1.29 is 5.11 Å². The van der Waals surface area contributed by atoms with Gasteiger partial charge < -0.3 is 5.11 Å². The van der Waals surface area contributed by atoms with E-state index in [9.17, 15) is 5.11 Å². The summed E-state index contributed by atoms with van der Waals surface area (Å²) in [6.45, 7) is 4.21. The van der Waals surface area contributed by atoms with Crippen molar-refractivity contribution in [3.63, 3.8) is 0 Å². The molecular weight excluding hydrogens is 164 g/mol. The fourth-order valence-electron chi connectivity index (χ4n) is 2.10. The molecule has 0 aromatic carbocycles. The molecule has 2 rings (SSSR count). The Morgan fingerprint density at radius 3 is 3.00 bits per heavy atom. The minimum absolute atomic E-state index is 0.377. The van der Waals surface area contributed by atoms with Gasteiger partial charge in [0.2, 0.25) is 0 Å². The maximum absolute atomic E-state index is 9.68. The van der Waals surface area contributed by atoms with Crippen LogP contribution in [-0.2, 0) is 6.42 Å². The van der Waals surface area contributed by atoms with Gasteiger partial charge in [0.1, 0.15) is 6.33 Å². The van der Waals surface area contributed by atoms with Crippen LogP contribution in [0.2, 0.25) is 0 Å². The molecule has 0 saturated carbocycles. The zero-order chi connectivity index (χ0) is 9.42. The number of fused-ring (bicyclic) bond motifs is 1. The van der Waals surface area contributed by atoms with Crippen molar-refractivity contribution in [2.45, 2.75) is 38.7 Å². The van der Waals surface area contributed by atoms with Gasteiger partial charge in [0.05, 0.1) is 11.8 Å². The minimum atomic E-state index is -0.377. The van der Waals surface area contributed by atoms with E-state index >= 15 is 0 Å². The van der Waals surface area contributed by atoms with E-state index in [1.54, 1.807) is 6.33 Å². The Bertz CT molecular complexity index is 325. The average Bonchev–Trinajstić information content (AvgIpc) is 2.43. The monoisotopic (exact) mass is 178 g/mol. The summed E-state index contributed by atoms with van der Waals surface area (Å²) in [6.07, 6.45) is 2.89. The third-order valence-corrected chi connectivity index (χ3v) is 2.72. The van der Waals surface area contributed by atoms with Crippen LogP contribution in [0.1, 0.15) is 49.2 Å². The number of aliphatic hydroxyl groups is 1. The van der Waals surface area contributed by atoms with Crippen molar-refractivity contribution in [1.29, 1.82) is 0 Å². The molecular formula is C10H14N2O. The highest BCUT2D eigenvalue weighted by molar-refractivity contribution is 5.34. The summed E-state index contributed by atoms with van der Waals surface area (Å²) in [5.74, 6) is 0.404. The van der Waals surface area contributed by atoms with Gasteiger partial charge in [0, 0.05) is 11.3 Å². The molecule has 0 unspecified atom stereocenters. The van der Waals surface area contributed by atoms with Gasteiger partial charge in [0.15, 0.2) is 0 Å². The van der Waals surface area contributed by atoms with Gasteiger partial charge >= 0.3 is 0 Å². The molecule has 13 heavy (non-hydrogen) atoms. The molecule has 70 valence electrons. The highest BCUT2D eigenvalue weighted by Crippen LogP contribution is 2.39. The van der Waals surface area contributed by atoms with Crippen LogP contribution in [0, 0.1) is 0 Å². The summed E-state index contributed by atoms with van der Waals surface area (Å²) in [6, 6.07) is 0. The molecule has 0 fully saturated rings. The molecule has 1 aromatic heterocycles. The van der Waals surface area contributed by atoms with E-state index in [0.29, 0.717) is 5.92 Å². The standard InChI is InChI=1S/C10H14N2O/c1-3-7-9-6(2)4-8(13)10(9)12-5-11-7/h5-6,8,13H,3-4H2,1-2H3/t6-,8+/m1/s1. The first kappa shape index (κ1) is 8.63. The molecule has 1 aliphatic rings. The summed E-state index contributed by atoms with van der Waals surface area (Å²) in [7, 11) is 0. The lowest BCUT2D eigenvalue weighted by Crippen LogP contribution is -2.01. The van der Waals surface area contributed by atoms with Crippen LogP contribution in [0.4, 0.5) is 0 Å². The van der Waals surface area contributed by atoms with E-state index in [1.807, 2.05) is 0 Å². The number of aliphatic hydroxyl groups excluding tert-OH is 1. The molecule has 3 heteroatoms. The Hall–Kier alpha value is -0.960. The van der Waals surface area contributed by atoms with Gasteiger partial charge in [-0.2, -0.15) is 0 Å². The molecule has 0 saturated heterocycles. The van der Waals surface area contributed by atoms with Crippen LogP contribution in [0.15, 0.2) is 6.33 Å². The second kappa shape index (κ2) is 3.07. The van der Waals surface area contributed by atoms with Crippen LogP contribution in [-0.4, -0.2) is 15.1 Å². The van der Waals surface area contributed by atoms with Crippen LogP contribution < -0.4 is 0 Å². The Labute approximate surface area is 77.8 Å². The average molecular weight is 178 g/mol. The molecule has 1 aromatic rings. The number of aromatic nitrogens is 2. The molecule has 3 nitrogen and oxygen atoms in total. The smallest absolute Gasteiger partial charge is 0.116 e. The first-order valence-electron chi connectivity index (χ1n) is 4.75. The molecule has 1 N–H and O–H groups in total. The first-order valence-corrected chi connectivity index (χ1v) is 4.75. The van der Waals surface area contributed by atoms with E-state index in [1.165, 1.54) is 5.56 Å². The van der Waals surface area contributed by atoms with Gasteiger partial charge in [-0.15, -0.1) is 0 Å². The molecule has 0 aliphatic heterocycles. The van der Waals surface area contributed by atoms with Crippen LogP contribution in [0.5, 0.6) is 0 Å². The molecule has 0 amide bonds. The fourth-order valence-corrected chi connectivity index (χ4v) is 2.10. The van der Waals surface area contributed by atoms with Gasteiger partial charge in [-0.1, -0.05) is 13.8 Å². The van der Waals surface area contributed by atoms with Gasteiger partial charge in [-0.25, -0.2) is 9.97 Å². The van der Waals surface area contributed by atoms with Gasteiger partial charge in [-0.3, -0.25) is 0 Å². The summed E-state index contributed by atoms with van der Waals surface area (Å²) in [5.41, 5.74) is 3.12. The Kier molecular flexibility index (Phi) is 2.04. The topological polar surface area (TPSA) is 46.0 Å². The van der Waals surface area contributed by atoms with Crippen LogP contribution >= 0.6 is 0 Å². The van der Waals surface area contributed by atoms with E-state index in [-0.39, 0.29) is 6.10 Å². The van der Waals surface area contributed by atoms with Crippen molar-refractivity contribution in [1.82, 2.24) is 9.97 Å². The Morgan fingerprint density at radius 1 is 1.54 bits per heavy atom. The van der Waals surface area contributed by atoms with Gasteiger partial charge in [0.25, 0.3) is 0 Å². The Morgan fingerprint density at radius 2 is 2.31 bits per heavy atom. The zero-order valence-electron chi connectivity index (χ0n) is 7.99. The van der Waals surface area contributed by atoms with Gasteiger partial charge in [-0.05, 0) is 18.8 Å². The lowest BCUT2D eigenvalue weighted by molar-refractivity contribution is 0.170. The van der Waals surface area contributed by atoms with Crippen molar-refractivity contribution >= 4 is 0 Å². The normalized spacial score (nSPS) is 26.1. The molecule has 0 spiro atoms. The quantitative estimate of drug-likeness (QED) is 0.710. The fraction of sp³-hybridized carbons (Fsp3) is 0.600. The predicted molar refractivity (Wildman–Crippen MR) is 49.4 cm³/mol. The largest absolute Gasteiger partial charge is 0.387 e. The van der Waals surface area contributed by atoms with Crippen molar-refractivity contribution in [3.8, 4) is 0 Å².